The van der Waals surface area contributed by atoms with Gasteiger partial charge in [0.05, 0.1) is 10.9 Å². The maximum Gasteiger partial charge on any atom is 0.264 e. The first kappa shape index (κ1) is 34.3. The Morgan fingerprint density at radius 2 is 1.89 bits per heavy atom. The van der Waals surface area contributed by atoms with Crippen molar-refractivity contribution in [1.29, 1.82) is 0 Å². The summed E-state index contributed by atoms with van der Waals surface area (Å²) in [4.78, 5) is 31.1. The quantitative estimate of drug-likeness (QED) is 0.414. The van der Waals surface area contributed by atoms with Crippen LogP contribution < -0.4 is 14.4 Å². The van der Waals surface area contributed by atoms with E-state index in [0.29, 0.717) is 36.9 Å². The minimum absolute atomic E-state index is 0.0894. The third-order valence-corrected chi connectivity index (χ3v) is 12.3. The number of allylic oxidation sites excluding steroid dienone is 1. The van der Waals surface area contributed by atoms with Crippen molar-refractivity contribution < 1.29 is 27.5 Å². The van der Waals surface area contributed by atoms with Crippen LogP contribution in [0.3, 0.4) is 0 Å². The fourth-order valence-electron chi connectivity index (χ4n) is 6.96. The van der Waals surface area contributed by atoms with Crippen LogP contribution in [0.25, 0.3) is 0 Å². The number of carbonyl (C=O) groups excluding carboxylic acids is 2. The number of nitrogens with zero attached hydrogens (tertiary/aromatic N) is 2. The van der Waals surface area contributed by atoms with E-state index in [4.69, 9.17) is 21.1 Å². The van der Waals surface area contributed by atoms with Gasteiger partial charge >= 0.3 is 0 Å². The normalized spacial score (nSPS) is 29.0. The Kier molecular flexibility index (Phi) is 10.4. The molecule has 0 radical (unpaired) electrons. The van der Waals surface area contributed by atoms with Crippen LogP contribution in [0.5, 0.6) is 5.75 Å². The van der Waals surface area contributed by atoms with Crippen LogP contribution in [0.4, 0.5) is 5.69 Å². The monoisotopic (exact) mass is 671 g/mol. The lowest BCUT2D eigenvalue weighted by Crippen LogP contribution is -2.58. The summed E-state index contributed by atoms with van der Waals surface area (Å²) in [7, 11) is 1.05. The smallest absolute Gasteiger partial charge is 0.264 e. The molecule has 2 aromatic rings. The van der Waals surface area contributed by atoms with Crippen LogP contribution in [0.2, 0.25) is 5.02 Å². The molecule has 2 aliphatic heterocycles. The zero-order chi connectivity index (χ0) is 33.2. The van der Waals surface area contributed by atoms with Crippen molar-refractivity contribution in [2.75, 3.05) is 39.2 Å². The van der Waals surface area contributed by atoms with E-state index in [1.807, 2.05) is 37.3 Å². The van der Waals surface area contributed by atoms with Crippen LogP contribution in [0.15, 0.2) is 48.6 Å². The van der Waals surface area contributed by atoms with Crippen LogP contribution >= 0.6 is 11.6 Å². The fraction of sp³-hybridized carbons (Fsp3) is 0.543. The van der Waals surface area contributed by atoms with E-state index in [2.05, 4.69) is 9.62 Å². The summed E-state index contributed by atoms with van der Waals surface area (Å²) in [6, 6.07) is 11.0. The van der Waals surface area contributed by atoms with Crippen molar-refractivity contribution in [3.8, 4) is 5.75 Å². The van der Waals surface area contributed by atoms with Crippen LogP contribution in [-0.4, -0.2) is 70.3 Å². The van der Waals surface area contributed by atoms with Gasteiger partial charge in [-0.15, -0.1) is 0 Å². The number of aryl methyl sites for hydroxylation is 1. The molecule has 2 bridgehead atoms. The number of anilines is 1. The van der Waals surface area contributed by atoms with Crippen molar-refractivity contribution in [3.63, 3.8) is 0 Å². The van der Waals surface area contributed by atoms with Crippen LogP contribution in [-0.2, 0) is 32.6 Å². The number of halogens is 1. The second kappa shape index (κ2) is 14.0. The molecule has 5 rings (SSSR count). The number of benzene rings is 2. The van der Waals surface area contributed by atoms with Gasteiger partial charge in [0.1, 0.15) is 12.4 Å². The number of ether oxygens (including phenoxy) is 2. The summed E-state index contributed by atoms with van der Waals surface area (Å²) in [5, 5.41) is -0.173. The van der Waals surface area contributed by atoms with Gasteiger partial charge in [0.2, 0.25) is 10.0 Å². The highest BCUT2D eigenvalue weighted by Gasteiger charge is 2.52. The number of rotatable bonds is 2. The Morgan fingerprint density at radius 1 is 1.11 bits per heavy atom. The number of amides is 2. The lowest BCUT2D eigenvalue weighted by Gasteiger charge is -2.49. The molecule has 11 heteroatoms. The van der Waals surface area contributed by atoms with Gasteiger partial charge in [0.25, 0.3) is 11.8 Å². The van der Waals surface area contributed by atoms with Gasteiger partial charge in [0.15, 0.2) is 5.60 Å². The lowest BCUT2D eigenvalue weighted by atomic mass is 9.63. The first-order valence-corrected chi connectivity index (χ1v) is 18.1. The first-order valence-electron chi connectivity index (χ1n) is 16.2. The first-order chi connectivity index (χ1) is 21.9. The molecule has 2 aromatic carbocycles. The predicted octanol–water partition coefficient (Wildman–Crippen LogP) is 5.61. The van der Waals surface area contributed by atoms with E-state index in [1.54, 1.807) is 51.2 Å². The third-order valence-electron chi connectivity index (χ3n) is 10.1. The SMILES string of the molecule is CO[C@@]1(C(=O)N(C)C)/C=C/C[C@H](C)[C@@H](C)S(=O)(=O)NC(=O)c2ccc3c(c2)N(CCCCc2cc(Cl)ccc2CO3)C[C@@H]2CC[C@H]21. The van der Waals surface area contributed by atoms with E-state index in [1.165, 1.54) is 0 Å². The van der Waals surface area contributed by atoms with Crippen LogP contribution in [0.1, 0.15) is 67.4 Å². The van der Waals surface area contributed by atoms with Crippen LogP contribution in [0, 0.1) is 17.8 Å². The van der Waals surface area contributed by atoms with E-state index in [0.717, 1.165) is 48.9 Å². The van der Waals surface area contributed by atoms with E-state index < -0.39 is 26.8 Å². The molecule has 1 N–H and O–H groups in total. The number of fused-ring (bicyclic) bond motifs is 3. The molecule has 3 aliphatic rings. The number of methoxy groups -OCH3 is 1. The average Bonchev–Trinajstić information content (AvgIpc) is 3.04. The Balaban J connectivity index is 1.61. The molecule has 1 saturated carbocycles. The average molecular weight is 672 g/mol. The molecule has 1 fully saturated rings. The second-order valence-electron chi connectivity index (χ2n) is 13.2. The van der Waals surface area contributed by atoms with Crippen molar-refractivity contribution in [2.45, 2.75) is 69.8 Å². The molecule has 1 aliphatic carbocycles. The molecular formula is C35H46ClN3O6S. The van der Waals surface area contributed by atoms with Crippen molar-refractivity contribution in [1.82, 2.24) is 9.62 Å². The van der Waals surface area contributed by atoms with Gasteiger partial charge in [-0.25, -0.2) is 13.1 Å². The van der Waals surface area contributed by atoms with Gasteiger partial charge in [0, 0.05) is 50.8 Å². The Hall–Kier alpha value is -3.08. The molecule has 250 valence electrons. The molecule has 2 amide bonds. The minimum atomic E-state index is -4.00. The summed E-state index contributed by atoms with van der Waals surface area (Å²) in [6.45, 7) is 5.06. The predicted molar refractivity (Wildman–Crippen MR) is 181 cm³/mol. The molecule has 0 aromatic heterocycles. The Labute approximate surface area is 278 Å². The van der Waals surface area contributed by atoms with Gasteiger partial charge < -0.3 is 19.3 Å². The largest absolute Gasteiger partial charge is 0.487 e. The minimum Gasteiger partial charge on any atom is -0.487 e. The summed E-state index contributed by atoms with van der Waals surface area (Å²) in [5.41, 5.74) is 1.97. The highest BCUT2D eigenvalue weighted by molar-refractivity contribution is 7.90. The number of nitrogens with one attached hydrogen (secondary N) is 1. The molecule has 9 nitrogen and oxygen atoms in total. The third kappa shape index (κ3) is 6.94. The Bertz CT molecular complexity index is 1590. The topological polar surface area (TPSA) is 105 Å². The highest BCUT2D eigenvalue weighted by atomic mass is 35.5. The van der Waals surface area contributed by atoms with E-state index >= 15 is 0 Å². The number of likely N-dealkylation sites (N-methyl/N-ethyl adjacent to an activating group) is 1. The van der Waals surface area contributed by atoms with Crippen molar-refractivity contribution >= 4 is 39.1 Å². The highest BCUT2D eigenvalue weighted by Crippen LogP contribution is 2.47. The summed E-state index contributed by atoms with van der Waals surface area (Å²) in [5.74, 6) is -0.496. The van der Waals surface area contributed by atoms with Crippen molar-refractivity contribution in [3.05, 3.63) is 70.3 Å². The standard InChI is InChI=1S/C35H46ClN3O6S/c1-23-9-8-17-35(44-5,34(41)38(3)4)30-15-12-27(30)21-39-18-7-6-10-25-19-29(36)14-11-28(25)22-45-32-16-13-26(20-31(32)39)33(40)37-46(42,43)24(23)2/h8,11,13-14,16-17,19-20,23-24,27,30H,6-7,9-10,12,15,18,21-22H2,1-5H3,(H,37,40)/b17-8+/t23-,24+,27-,30+,35-/m0/s1. The summed E-state index contributed by atoms with van der Waals surface area (Å²) >= 11 is 6.34. The molecule has 0 unspecified atom stereocenters. The molecular weight excluding hydrogens is 626 g/mol. The van der Waals surface area contributed by atoms with Gasteiger partial charge in [-0.3, -0.25) is 9.59 Å². The lowest BCUT2D eigenvalue weighted by molar-refractivity contribution is -0.160. The van der Waals surface area contributed by atoms with Gasteiger partial charge in [-0.1, -0.05) is 30.7 Å². The van der Waals surface area contributed by atoms with Gasteiger partial charge in [-0.05, 0) is 105 Å². The van der Waals surface area contributed by atoms with Gasteiger partial charge in [-0.2, -0.15) is 0 Å². The zero-order valence-corrected chi connectivity index (χ0v) is 29.0. The number of hydrogen-bond acceptors (Lipinski definition) is 7. The fourth-order valence-corrected chi connectivity index (χ4v) is 8.44. The molecule has 46 heavy (non-hydrogen) atoms. The van der Waals surface area contributed by atoms with Crippen molar-refractivity contribution in [2.24, 2.45) is 17.8 Å². The number of carbonyl (C=O) groups is 2. The Morgan fingerprint density at radius 3 is 2.59 bits per heavy atom. The molecule has 5 atom stereocenters. The molecule has 2 heterocycles. The molecule has 0 saturated heterocycles. The van der Waals surface area contributed by atoms with E-state index in [9.17, 15) is 18.0 Å². The zero-order valence-electron chi connectivity index (χ0n) is 27.4. The number of sulfonamides is 1. The second-order valence-corrected chi connectivity index (χ2v) is 15.7. The summed E-state index contributed by atoms with van der Waals surface area (Å²) in [6.07, 6.45) is 8.50. The van der Waals surface area contributed by atoms with E-state index in [-0.39, 0.29) is 29.2 Å². The summed E-state index contributed by atoms with van der Waals surface area (Å²) < 4.78 is 41.6. The maximum atomic E-state index is 13.8. The molecule has 0 spiro atoms. The maximum absolute atomic E-state index is 13.8. The number of hydrogen-bond donors (Lipinski definition) is 1.